The maximum atomic E-state index is 12.1. The van der Waals surface area contributed by atoms with Crippen LogP contribution < -0.4 is 10.4 Å². The molecule has 0 spiro atoms. The van der Waals surface area contributed by atoms with Gasteiger partial charge in [0, 0.05) is 12.5 Å². The first-order chi connectivity index (χ1) is 9.24. The Morgan fingerprint density at radius 3 is 2.89 bits per heavy atom. The minimum Gasteiger partial charge on any atom is -0.634 e. The molecule has 0 radical (unpaired) electrons. The number of hydroxylamine groups is 2. The number of hydrogen-bond donors (Lipinski definition) is 2. The van der Waals surface area contributed by atoms with E-state index in [2.05, 4.69) is 12.2 Å². The van der Waals surface area contributed by atoms with Crippen LogP contribution in [0.5, 0.6) is 0 Å². The van der Waals surface area contributed by atoms with Crippen LogP contribution in [-0.4, -0.2) is 25.2 Å². The summed E-state index contributed by atoms with van der Waals surface area (Å²) in [6.07, 6.45) is 10.3. The molecule has 3 rings (SSSR count). The third kappa shape index (κ3) is 3.14. The van der Waals surface area contributed by atoms with E-state index >= 15 is 0 Å². The summed E-state index contributed by atoms with van der Waals surface area (Å²) in [5, 5.41) is 16.4. The number of piperidine rings is 2. The van der Waals surface area contributed by atoms with Crippen molar-refractivity contribution < 1.29 is 5.06 Å². The van der Waals surface area contributed by atoms with Gasteiger partial charge < -0.3 is 15.6 Å². The fourth-order valence-corrected chi connectivity index (χ4v) is 4.96. The Balaban J connectivity index is 1.63. The largest absolute Gasteiger partial charge is 0.634 e. The molecule has 0 aromatic carbocycles. The molecule has 2 aliphatic heterocycles. The minimum atomic E-state index is 0.409. The van der Waals surface area contributed by atoms with Gasteiger partial charge in [-0.1, -0.05) is 6.92 Å². The quantitative estimate of drug-likeness (QED) is 0.747. The van der Waals surface area contributed by atoms with Crippen LogP contribution in [0.25, 0.3) is 0 Å². The molecule has 2 N–H and O–H groups in total. The highest BCUT2D eigenvalue weighted by Crippen LogP contribution is 2.40. The van der Waals surface area contributed by atoms with Gasteiger partial charge in [-0.15, -0.1) is 0 Å². The van der Waals surface area contributed by atoms with E-state index in [4.69, 9.17) is 0 Å². The number of rotatable bonds is 2. The first-order valence-corrected chi connectivity index (χ1v) is 8.50. The van der Waals surface area contributed by atoms with Crippen LogP contribution in [0.4, 0.5) is 0 Å². The first kappa shape index (κ1) is 13.8. The Morgan fingerprint density at radius 1 is 1.16 bits per heavy atom. The smallest absolute Gasteiger partial charge is 0.0874 e. The number of hydrogen-bond acceptors (Lipinski definition) is 2. The van der Waals surface area contributed by atoms with Gasteiger partial charge in [-0.2, -0.15) is 0 Å². The van der Waals surface area contributed by atoms with Crippen LogP contribution in [0.15, 0.2) is 0 Å². The van der Waals surface area contributed by atoms with Gasteiger partial charge >= 0.3 is 0 Å². The van der Waals surface area contributed by atoms with Crippen LogP contribution in [0, 0.1) is 23.0 Å². The highest BCUT2D eigenvalue weighted by Gasteiger charge is 2.39. The summed E-state index contributed by atoms with van der Waals surface area (Å²) < 4.78 is 0. The van der Waals surface area contributed by atoms with Crippen molar-refractivity contribution in [2.75, 3.05) is 13.1 Å². The molecule has 2 heterocycles. The van der Waals surface area contributed by atoms with Crippen LogP contribution in [0.3, 0.4) is 0 Å². The van der Waals surface area contributed by atoms with Crippen LogP contribution in [0.2, 0.25) is 0 Å². The monoisotopic (exact) mass is 266 g/mol. The highest BCUT2D eigenvalue weighted by atomic mass is 16.5. The van der Waals surface area contributed by atoms with Gasteiger partial charge in [0.1, 0.15) is 0 Å². The molecular weight excluding hydrogens is 236 g/mol. The van der Waals surface area contributed by atoms with Gasteiger partial charge in [0.15, 0.2) is 0 Å². The molecule has 3 nitrogen and oxygen atoms in total. The lowest BCUT2D eigenvalue weighted by atomic mass is 9.66. The minimum absolute atomic E-state index is 0.409. The second kappa shape index (κ2) is 6.11. The molecule has 0 aromatic heterocycles. The van der Waals surface area contributed by atoms with Gasteiger partial charge in [-0.3, -0.25) is 0 Å². The molecule has 3 aliphatic rings. The van der Waals surface area contributed by atoms with Crippen molar-refractivity contribution >= 4 is 0 Å². The molecule has 19 heavy (non-hydrogen) atoms. The maximum absolute atomic E-state index is 12.1. The van der Waals surface area contributed by atoms with Crippen molar-refractivity contribution in [2.45, 2.75) is 70.4 Å². The van der Waals surface area contributed by atoms with Crippen LogP contribution in [-0.2, 0) is 0 Å². The van der Waals surface area contributed by atoms with Gasteiger partial charge in [0.2, 0.25) is 0 Å². The van der Waals surface area contributed by atoms with Gasteiger partial charge in [0.05, 0.1) is 12.6 Å². The Morgan fingerprint density at radius 2 is 2.05 bits per heavy atom. The molecule has 2 unspecified atom stereocenters. The molecule has 6 atom stereocenters. The van der Waals surface area contributed by atoms with Crippen molar-refractivity contribution in [1.82, 2.24) is 5.32 Å². The third-order valence-electron chi connectivity index (χ3n) is 5.87. The summed E-state index contributed by atoms with van der Waals surface area (Å²) in [4.78, 5) is 0. The summed E-state index contributed by atoms with van der Waals surface area (Å²) in [6, 6.07) is 1.16. The van der Waals surface area contributed by atoms with Crippen molar-refractivity contribution in [1.29, 1.82) is 0 Å². The van der Waals surface area contributed by atoms with E-state index < -0.39 is 0 Å². The lowest BCUT2D eigenvalue weighted by Crippen LogP contribution is -3.12. The van der Waals surface area contributed by atoms with Crippen molar-refractivity contribution in [3.8, 4) is 0 Å². The lowest BCUT2D eigenvalue weighted by molar-refractivity contribution is -0.882. The van der Waals surface area contributed by atoms with E-state index in [-0.39, 0.29) is 0 Å². The molecule has 2 saturated heterocycles. The van der Waals surface area contributed by atoms with E-state index in [1.54, 1.807) is 0 Å². The lowest BCUT2D eigenvalue weighted by Gasteiger charge is -2.46. The first-order valence-electron chi connectivity index (χ1n) is 8.50. The van der Waals surface area contributed by atoms with Gasteiger partial charge in [-0.05, 0) is 69.2 Å². The molecule has 3 fully saturated rings. The summed E-state index contributed by atoms with van der Waals surface area (Å²) in [5.41, 5.74) is 0. The van der Waals surface area contributed by atoms with Crippen molar-refractivity contribution in [2.24, 2.45) is 17.8 Å². The third-order valence-corrected chi connectivity index (χ3v) is 5.87. The second-order valence-corrected chi connectivity index (χ2v) is 7.35. The Kier molecular flexibility index (Phi) is 4.45. The summed E-state index contributed by atoms with van der Waals surface area (Å²) in [7, 11) is 0. The zero-order valence-electron chi connectivity index (χ0n) is 12.4. The molecular formula is C16H30N2O. The summed E-state index contributed by atoms with van der Waals surface area (Å²) in [5.74, 6) is 2.52. The molecule has 0 amide bonds. The average molecular weight is 266 g/mol. The SMILES string of the molecule is C[C@H]1C[C@@H](CC2CCCC[NH+]2[O-])[C@@H]2CCCN[C@H]2C1. The average Bonchev–Trinajstić information content (AvgIpc) is 2.41. The van der Waals surface area contributed by atoms with E-state index in [0.717, 1.165) is 36.8 Å². The van der Waals surface area contributed by atoms with E-state index in [1.807, 2.05) is 0 Å². The fraction of sp³-hybridized carbons (Fsp3) is 1.00. The zero-order valence-corrected chi connectivity index (χ0v) is 12.4. The zero-order chi connectivity index (χ0) is 13.2. The number of nitrogens with one attached hydrogen (secondary N) is 2. The molecule has 1 saturated carbocycles. The topological polar surface area (TPSA) is 39.5 Å². The van der Waals surface area contributed by atoms with E-state index in [1.165, 1.54) is 51.5 Å². The molecule has 0 aromatic rings. The van der Waals surface area contributed by atoms with E-state index in [0.29, 0.717) is 11.1 Å². The van der Waals surface area contributed by atoms with Crippen molar-refractivity contribution in [3.63, 3.8) is 0 Å². The van der Waals surface area contributed by atoms with Crippen molar-refractivity contribution in [3.05, 3.63) is 5.21 Å². The summed E-state index contributed by atoms with van der Waals surface area (Å²) >= 11 is 0. The predicted octanol–water partition coefficient (Wildman–Crippen LogP) is 1.73. The maximum Gasteiger partial charge on any atom is 0.0874 e. The second-order valence-electron chi connectivity index (χ2n) is 7.35. The Bertz CT molecular complexity index is 296. The molecule has 1 aliphatic carbocycles. The predicted molar refractivity (Wildman–Crippen MR) is 77.9 cm³/mol. The summed E-state index contributed by atoms with van der Waals surface area (Å²) in [6.45, 7) is 4.48. The van der Waals surface area contributed by atoms with Crippen LogP contribution >= 0.6 is 0 Å². The Hall–Kier alpha value is -0.120. The Labute approximate surface area is 117 Å². The number of quaternary nitrogens is 1. The fourth-order valence-electron chi connectivity index (χ4n) is 4.96. The van der Waals surface area contributed by atoms with Gasteiger partial charge in [-0.25, -0.2) is 0 Å². The van der Waals surface area contributed by atoms with Crippen LogP contribution in [0.1, 0.15) is 58.3 Å². The normalized spacial score (nSPS) is 47.7. The molecule has 0 bridgehead atoms. The highest BCUT2D eigenvalue weighted by molar-refractivity contribution is 4.92. The molecule has 3 heteroatoms. The molecule has 110 valence electrons. The van der Waals surface area contributed by atoms with Gasteiger partial charge in [0.25, 0.3) is 0 Å². The number of fused-ring (bicyclic) bond motifs is 1. The standard InChI is InChI=1S/C16H30N2O/c1-12-9-13(11-14-5-2-3-8-18(14)19)15-6-4-7-17-16(15)10-12/h12-18H,2-11H2,1H3/t12-,13-,14?,15-,16-/m0/s1. The van der Waals surface area contributed by atoms with E-state index in [9.17, 15) is 5.21 Å².